The number of benzene rings is 3. The average molecular weight is 523 g/mol. The maximum absolute atomic E-state index is 15.0. The zero-order valence-electron chi connectivity index (χ0n) is 22.2. The molecule has 2 nitrogen and oxygen atoms in total. The fraction of sp³-hybridized carbons (Fsp3) is 0.394. The standard InChI is InChI=1S/C33H37F3O2/c1-3-5-6-7-8-9-10-11-25-16-19-29(33(36)32(25)35)24-14-12-23(13-15-24)28-18-17-26(20-30(28)34)27-21-37-31(4-2)38-22-27/h4,12-20,27,31H,2-3,5-11,21-22H2,1H3. The molecule has 0 unspecified atom stereocenters. The first-order valence-electron chi connectivity index (χ1n) is 13.7. The largest absolute Gasteiger partial charge is 0.348 e. The predicted molar refractivity (Wildman–Crippen MR) is 148 cm³/mol. The Morgan fingerprint density at radius 2 is 1.37 bits per heavy atom. The van der Waals surface area contributed by atoms with Crippen molar-refractivity contribution in [1.82, 2.24) is 0 Å². The summed E-state index contributed by atoms with van der Waals surface area (Å²) in [7, 11) is 0. The smallest absolute Gasteiger partial charge is 0.176 e. The van der Waals surface area contributed by atoms with Gasteiger partial charge in [0.25, 0.3) is 0 Å². The molecule has 1 aliphatic heterocycles. The molecule has 4 rings (SSSR count). The number of unbranched alkanes of at least 4 members (excludes halogenated alkanes) is 6. The third-order valence-electron chi connectivity index (χ3n) is 7.30. The second-order valence-electron chi connectivity index (χ2n) is 10.1. The van der Waals surface area contributed by atoms with Gasteiger partial charge in [0, 0.05) is 17.0 Å². The van der Waals surface area contributed by atoms with Crippen LogP contribution in [0, 0.1) is 17.5 Å². The minimum absolute atomic E-state index is 0.0521. The van der Waals surface area contributed by atoms with Crippen molar-refractivity contribution in [3.8, 4) is 22.3 Å². The lowest BCUT2D eigenvalue weighted by atomic mass is 9.94. The zero-order chi connectivity index (χ0) is 26.9. The highest BCUT2D eigenvalue weighted by molar-refractivity contribution is 5.71. The Hall–Kier alpha value is -2.89. The molecule has 0 radical (unpaired) electrons. The molecule has 0 aliphatic carbocycles. The van der Waals surface area contributed by atoms with Crippen molar-refractivity contribution in [1.29, 1.82) is 0 Å². The molecule has 5 heteroatoms. The molecule has 0 bridgehead atoms. The highest BCUT2D eigenvalue weighted by atomic mass is 19.2. The Balaban J connectivity index is 1.39. The van der Waals surface area contributed by atoms with Crippen LogP contribution in [0.15, 0.2) is 67.3 Å². The Morgan fingerprint density at radius 1 is 0.763 bits per heavy atom. The summed E-state index contributed by atoms with van der Waals surface area (Å²) in [4.78, 5) is 0. The van der Waals surface area contributed by atoms with E-state index in [1.165, 1.54) is 31.7 Å². The number of aryl methyl sites for hydroxylation is 1. The van der Waals surface area contributed by atoms with E-state index < -0.39 is 17.9 Å². The molecule has 202 valence electrons. The molecule has 0 aromatic heterocycles. The van der Waals surface area contributed by atoms with Crippen LogP contribution in [0.25, 0.3) is 22.3 Å². The van der Waals surface area contributed by atoms with Gasteiger partial charge < -0.3 is 9.47 Å². The summed E-state index contributed by atoms with van der Waals surface area (Å²) < 4.78 is 55.9. The topological polar surface area (TPSA) is 18.5 Å². The zero-order valence-corrected chi connectivity index (χ0v) is 22.2. The van der Waals surface area contributed by atoms with Crippen molar-refractivity contribution in [2.75, 3.05) is 13.2 Å². The molecular formula is C33H37F3O2. The van der Waals surface area contributed by atoms with E-state index in [4.69, 9.17) is 9.47 Å². The third kappa shape index (κ3) is 6.95. The second kappa shape index (κ2) is 13.8. The van der Waals surface area contributed by atoms with E-state index in [2.05, 4.69) is 13.5 Å². The number of halogens is 3. The molecule has 38 heavy (non-hydrogen) atoms. The van der Waals surface area contributed by atoms with E-state index in [0.717, 1.165) is 24.8 Å². The van der Waals surface area contributed by atoms with Crippen LogP contribution in [0.2, 0.25) is 0 Å². The number of hydrogen-bond acceptors (Lipinski definition) is 2. The first-order chi connectivity index (χ1) is 18.5. The maximum atomic E-state index is 15.0. The van der Waals surface area contributed by atoms with Crippen LogP contribution >= 0.6 is 0 Å². The van der Waals surface area contributed by atoms with Crippen LogP contribution in [-0.2, 0) is 15.9 Å². The molecular weight excluding hydrogens is 485 g/mol. The van der Waals surface area contributed by atoms with Gasteiger partial charge in [0.05, 0.1) is 13.2 Å². The van der Waals surface area contributed by atoms with Crippen LogP contribution in [0.3, 0.4) is 0 Å². The van der Waals surface area contributed by atoms with Gasteiger partial charge in [-0.15, -0.1) is 0 Å². The maximum Gasteiger partial charge on any atom is 0.176 e. The van der Waals surface area contributed by atoms with Gasteiger partial charge in [0.15, 0.2) is 17.9 Å². The van der Waals surface area contributed by atoms with E-state index in [1.807, 2.05) is 6.07 Å². The van der Waals surface area contributed by atoms with Crippen LogP contribution in [0.5, 0.6) is 0 Å². The van der Waals surface area contributed by atoms with Gasteiger partial charge in [-0.25, -0.2) is 13.2 Å². The van der Waals surface area contributed by atoms with Gasteiger partial charge in [-0.1, -0.05) is 101 Å². The normalized spacial score (nSPS) is 17.5. The van der Waals surface area contributed by atoms with Crippen molar-refractivity contribution >= 4 is 0 Å². The summed E-state index contributed by atoms with van der Waals surface area (Å²) in [6.45, 7) is 6.71. The highest BCUT2D eigenvalue weighted by Gasteiger charge is 2.23. The van der Waals surface area contributed by atoms with E-state index in [-0.39, 0.29) is 17.3 Å². The van der Waals surface area contributed by atoms with Crippen molar-refractivity contribution in [3.05, 3.63) is 95.8 Å². The minimum atomic E-state index is -0.829. The molecule has 0 amide bonds. The van der Waals surface area contributed by atoms with Crippen molar-refractivity contribution < 1.29 is 22.6 Å². The molecule has 1 fully saturated rings. The third-order valence-corrected chi connectivity index (χ3v) is 7.30. The van der Waals surface area contributed by atoms with Crippen molar-refractivity contribution in [3.63, 3.8) is 0 Å². The van der Waals surface area contributed by atoms with Crippen molar-refractivity contribution in [2.24, 2.45) is 0 Å². The molecule has 3 aromatic carbocycles. The molecule has 0 atom stereocenters. The minimum Gasteiger partial charge on any atom is -0.348 e. The number of hydrogen-bond donors (Lipinski definition) is 0. The number of rotatable bonds is 12. The summed E-state index contributed by atoms with van der Waals surface area (Å²) in [6, 6.07) is 15.3. The van der Waals surface area contributed by atoms with Gasteiger partial charge in [-0.05, 0) is 47.2 Å². The van der Waals surface area contributed by atoms with Crippen LogP contribution < -0.4 is 0 Å². The molecule has 0 saturated carbocycles. The lowest BCUT2D eigenvalue weighted by Gasteiger charge is -2.28. The van der Waals surface area contributed by atoms with Gasteiger partial charge in [0.1, 0.15) is 5.82 Å². The van der Waals surface area contributed by atoms with E-state index in [9.17, 15) is 8.78 Å². The predicted octanol–water partition coefficient (Wildman–Crippen LogP) is 9.37. The van der Waals surface area contributed by atoms with E-state index >= 15 is 4.39 Å². The van der Waals surface area contributed by atoms with E-state index in [0.29, 0.717) is 41.9 Å². The monoisotopic (exact) mass is 522 g/mol. The Bertz CT molecular complexity index is 1200. The lowest BCUT2D eigenvalue weighted by molar-refractivity contribution is -0.159. The molecule has 3 aromatic rings. The van der Waals surface area contributed by atoms with Gasteiger partial charge >= 0.3 is 0 Å². The quantitative estimate of drug-likeness (QED) is 0.174. The fourth-order valence-electron chi connectivity index (χ4n) is 4.97. The summed E-state index contributed by atoms with van der Waals surface area (Å²) >= 11 is 0. The lowest BCUT2D eigenvalue weighted by Crippen LogP contribution is -2.29. The Kier molecular flexibility index (Phi) is 10.2. The molecule has 1 saturated heterocycles. The van der Waals surface area contributed by atoms with Crippen LogP contribution in [0.4, 0.5) is 13.2 Å². The highest BCUT2D eigenvalue weighted by Crippen LogP contribution is 2.32. The number of ether oxygens (including phenoxy) is 2. The van der Waals surface area contributed by atoms with Gasteiger partial charge in [-0.3, -0.25) is 0 Å². The van der Waals surface area contributed by atoms with Gasteiger partial charge in [-0.2, -0.15) is 0 Å². The molecule has 1 aliphatic rings. The summed E-state index contributed by atoms with van der Waals surface area (Å²) in [5, 5.41) is 0. The van der Waals surface area contributed by atoms with Crippen LogP contribution in [0.1, 0.15) is 68.9 Å². The summed E-state index contributed by atoms with van der Waals surface area (Å²) in [6.07, 6.45) is 9.65. The Labute approximate surface area is 224 Å². The SMILES string of the molecule is C=CC1OCC(c2ccc(-c3ccc(-c4ccc(CCCCCCCCC)c(F)c4F)cc3)c(F)c2)CO1. The van der Waals surface area contributed by atoms with Crippen molar-refractivity contribution in [2.45, 2.75) is 70.5 Å². The summed E-state index contributed by atoms with van der Waals surface area (Å²) in [5.74, 6) is -2.00. The van der Waals surface area contributed by atoms with Crippen LogP contribution in [-0.4, -0.2) is 19.5 Å². The molecule has 1 heterocycles. The summed E-state index contributed by atoms with van der Waals surface area (Å²) in [5.41, 5.74) is 3.10. The molecule has 0 spiro atoms. The second-order valence-corrected chi connectivity index (χ2v) is 10.1. The van der Waals surface area contributed by atoms with Gasteiger partial charge in [0.2, 0.25) is 0 Å². The average Bonchev–Trinajstić information content (AvgIpc) is 2.95. The Morgan fingerprint density at radius 3 is 2.00 bits per heavy atom. The fourth-order valence-corrected chi connectivity index (χ4v) is 4.97. The first-order valence-corrected chi connectivity index (χ1v) is 13.7. The van der Waals surface area contributed by atoms with E-state index in [1.54, 1.807) is 48.5 Å². The molecule has 0 N–H and O–H groups in total. The first kappa shape index (κ1) is 28.1.